The van der Waals surface area contributed by atoms with Crippen LogP contribution in [0.2, 0.25) is 0 Å². The molecule has 5 heteroatoms. The van der Waals surface area contributed by atoms with Crippen molar-refractivity contribution in [1.82, 2.24) is 9.97 Å². The molecule has 0 aliphatic carbocycles. The molecule has 1 rings (SSSR count). The van der Waals surface area contributed by atoms with Crippen molar-refractivity contribution in [2.75, 3.05) is 23.7 Å². The Kier molecular flexibility index (Phi) is 5.52. The highest BCUT2D eigenvalue weighted by Crippen LogP contribution is 2.26. The van der Waals surface area contributed by atoms with Crippen LogP contribution in [0.3, 0.4) is 0 Å². The van der Waals surface area contributed by atoms with Gasteiger partial charge in [0.2, 0.25) is 0 Å². The van der Waals surface area contributed by atoms with Crippen LogP contribution in [-0.4, -0.2) is 23.1 Å². The second kappa shape index (κ2) is 6.68. The Balaban J connectivity index is 2.69. The van der Waals surface area contributed by atoms with Crippen molar-refractivity contribution in [3.8, 4) is 0 Å². The molecule has 0 saturated carbocycles. The van der Waals surface area contributed by atoms with Gasteiger partial charge in [-0.3, -0.25) is 0 Å². The first-order chi connectivity index (χ1) is 7.69. The minimum absolute atomic E-state index is 0.643. The van der Waals surface area contributed by atoms with Gasteiger partial charge in [-0.05, 0) is 28.8 Å². The Morgan fingerprint density at radius 1 is 1.25 bits per heavy atom. The van der Waals surface area contributed by atoms with E-state index in [1.165, 1.54) is 0 Å². The lowest BCUT2D eigenvalue weighted by Crippen LogP contribution is -2.12. The van der Waals surface area contributed by atoms with E-state index in [0.717, 1.165) is 35.6 Å². The van der Waals surface area contributed by atoms with Gasteiger partial charge in [-0.2, -0.15) is 0 Å². The number of halogens is 1. The molecule has 16 heavy (non-hydrogen) atoms. The first-order valence-electron chi connectivity index (χ1n) is 5.67. The summed E-state index contributed by atoms with van der Waals surface area (Å²) in [5.74, 6) is 2.33. The fourth-order valence-corrected chi connectivity index (χ4v) is 1.68. The van der Waals surface area contributed by atoms with E-state index in [-0.39, 0.29) is 0 Å². The molecule has 0 radical (unpaired) electrons. The topological polar surface area (TPSA) is 49.8 Å². The van der Waals surface area contributed by atoms with Gasteiger partial charge in [0, 0.05) is 13.1 Å². The molecule has 90 valence electrons. The largest absolute Gasteiger partial charge is 0.369 e. The molecule has 1 unspecified atom stereocenters. The SMILES string of the molecule is CCNc1ncnc(NCC(C)CC)c1Br. The number of aromatic nitrogens is 2. The Morgan fingerprint density at radius 3 is 2.44 bits per heavy atom. The zero-order valence-corrected chi connectivity index (χ0v) is 11.6. The van der Waals surface area contributed by atoms with E-state index >= 15 is 0 Å². The van der Waals surface area contributed by atoms with E-state index in [1.54, 1.807) is 6.33 Å². The van der Waals surface area contributed by atoms with Crippen molar-refractivity contribution >= 4 is 27.6 Å². The Bertz CT molecular complexity index is 330. The molecule has 0 saturated heterocycles. The molecule has 1 aromatic rings. The number of rotatable bonds is 6. The summed E-state index contributed by atoms with van der Waals surface area (Å²) in [4.78, 5) is 8.39. The van der Waals surface area contributed by atoms with E-state index in [0.29, 0.717) is 5.92 Å². The molecule has 0 fully saturated rings. The molecule has 2 N–H and O–H groups in total. The normalized spacial score (nSPS) is 12.2. The molecular formula is C11H19BrN4. The zero-order valence-electron chi connectivity index (χ0n) is 10.0. The highest BCUT2D eigenvalue weighted by atomic mass is 79.9. The van der Waals surface area contributed by atoms with Crippen LogP contribution in [0.4, 0.5) is 11.6 Å². The van der Waals surface area contributed by atoms with Crippen LogP contribution in [0.5, 0.6) is 0 Å². The van der Waals surface area contributed by atoms with Crippen molar-refractivity contribution in [3.05, 3.63) is 10.8 Å². The summed E-state index contributed by atoms with van der Waals surface area (Å²) in [5.41, 5.74) is 0. The van der Waals surface area contributed by atoms with Crippen LogP contribution in [0.25, 0.3) is 0 Å². The Hall–Kier alpha value is -0.840. The standard InChI is InChI=1S/C11H19BrN4/c1-4-8(3)6-14-11-9(12)10(13-5-2)15-7-16-11/h7-8H,4-6H2,1-3H3,(H2,13,14,15,16). The maximum absolute atomic E-state index is 4.22. The lowest BCUT2D eigenvalue weighted by Gasteiger charge is -2.13. The Labute approximate surface area is 105 Å². The Morgan fingerprint density at radius 2 is 1.88 bits per heavy atom. The summed E-state index contributed by atoms with van der Waals surface area (Å²) < 4.78 is 0.903. The second-order valence-corrected chi connectivity index (χ2v) is 4.60. The third kappa shape index (κ3) is 3.63. The van der Waals surface area contributed by atoms with Crippen LogP contribution in [0.15, 0.2) is 10.8 Å². The second-order valence-electron chi connectivity index (χ2n) is 3.81. The van der Waals surface area contributed by atoms with Crippen molar-refractivity contribution in [3.63, 3.8) is 0 Å². The van der Waals surface area contributed by atoms with Crippen molar-refractivity contribution in [2.24, 2.45) is 5.92 Å². The predicted octanol–water partition coefficient (Wildman–Crippen LogP) is 3.13. The van der Waals surface area contributed by atoms with E-state index in [2.05, 4.69) is 50.4 Å². The van der Waals surface area contributed by atoms with Crippen LogP contribution in [0, 0.1) is 5.92 Å². The third-order valence-corrected chi connectivity index (χ3v) is 3.20. The maximum atomic E-state index is 4.22. The summed E-state index contributed by atoms with van der Waals surface area (Å²) in [6.07, 6.45) is 2.73. The number of nitrogens with one attached hydrogen (secondary N) is 2. The van der Waals surface area contributed by atoms with Crippen LogP contribution in [-0.2, 0) is 0 Å². The van der Waals surface area contributed by atoms with Crippen molar-refractivity contribution in [2.45, 2.75) is 27.2 Å². The number of hydrogen-bond donors (Lipinski definition) is 2. The summed E-state index contributed by atoms with van der Waals surface area (Å²) in [6, 6.07) is 0. The van der Waals surface area contributed by atoms with Crippen LogP contribution in [0.1, 0.15) is 27.2 Å². The smallest absolute Gasteiger partial charge is 0.145 e. The fraction of sp³-hybridized carbons (Fsp3) is 0.636. The van der Waals surface area contributed by atoms with E-state index in [4.69, 9.17) is 0 Å². The molecule has 0 spiro atoms. The van der Waals surface area contributed by atoms with Gasteiger partial charge in [0.1, 0.15) is 22.4 Å². The third-order valence-electron chi connectivity index (χ3n) is 2.45. The van der Waals surface area contributed by atoms with Gasteiger partial charge in [0.05, 0.1) is 0 Å². The van der Waals surface area contributed by atoms with Gasteiger partial charge in [-0.1, -0.05) is 20.3 Å². The average Bonchev–Trinajstić information content (AvgIpc) is 2.30. The summed E-state index contributed by atoms with van der Waals surface area (Å²) in [6.45, 7) is 8.22. The summed E-state index contributed by atoms with van der Waals surface area (Å²) >= 11 is 3.50. The highest BCUT2D eigenvalue weighted by molar-refractivity contribution is 9.10. The maximum Gasteiger partial charge on any atom is 0.145 e. The predicted molar refractivity (Wildman–Crippen MR) is 71.8 cm³/mol. The van der Waals surface area contributed by atoms with Gasteiger partial charge >= 0.3 is 0 Å². The lowest BCUT2D eigenvalue weighted by atomic mass is 10.1. The molecule has 1 heterocycles. The van der Waals surface area contributed by atoms with Crippen LogP contribution >= 0.6 is 15.9 Å². The number of anilines is 2. The quantitative estimate of drug-likeness (QED) is 0.844. The average molecular weight is 287 g/mol. The number of hydrogen-bond acceptors (Lipinski definition) is 4. The minimum atomic E-state index is 0.643. The van der Waals surface area contributed by atoms with Gasteiger partial charge in [0.15, 0.2) is 0 Å². The minimum Gasteiger partial charge on any atom is -0.369 e. The lowest BCUT2D eigenvalue weighted by molar-refractivity contribution is 0.592. The molecule has 4 nitrogen and oxygen atoms in total. The first kappa shape index (κ1) is 13.2. The summed E-state index contributed by atoms with van der Waals surface area (Å²) in [7, 11) is 0. The van der Waals surface area contributed by atoms with Gasteiger partial charge in [0.25, 0.3) is 0 Å². The number of nitrogens with zero attached hydrogens (tertiary/aromatic N) is 2. The van der Waals surface area contributed by atoms with Crippen molar-refractivity contribution in [1.29, 1.82) is 0 Å². The zero-order chi connectivity index (χ0) is 12.0. The van der Waals surface area contributed by atoms with Gasteiger partial charge in [-0.25, -0.2) is 9.97 Å². The monoisotopic (exact) mass is 286 g/mol. The van der Waals surface area contributed by atoms with Gasteiger partial charge in [-0.15, -0.1) is 0 Å². The van der Waals surface area contributed by atoms with E-state index in [9.17, 15) is 0 Å². The summed E-state index contributed by atoms with van der Waals surface area (Å²) in [5, 5.41) is 6.50. The van der Waals surface area contributed by atoms with E-state index < -0.39 is 0 Å². The highest BCUT2D eigenvalue weighted by Gasteiger charge is 2.08. The first-order valence-corrected chi connectivity index (χ1v) is 6.46. The molecule has 0 aliphatic rings. The van der Waals surface area contributed by atoms with Gasteiger partial charge < -0.3 is 10.6 Å². The van der Waals surface area contributed by atoms with Crippen molar-refractivity contribution < 1.29 is 0 Å². The van der Waals surface area contributed by atoms with E-state index in [1.807, 2.05) is 6.92 Å². The molecule has 1 aromatic heterocycles. The molecule has 0 aromatic carbocycles. The van der Waals surface area contributed by atoms with Crippen LogP contribution < -0.4 is 10.6 Å². The molecule has 0 bridgehead atoms. The molecule has 0 aliphatic heterocycles. The molecule has 1 atom stereocenters. The fourth-order valence-electron chi connectivity index (χ4n) is 1.20. The molecule has 0 amide bonds. The molecular weight excluding hydrogens is 268 g/mol.